The van der Waals surface area contributed by atoms with Crippen LogP contribution in [0.4, 0.5) is 22.0 Å². The summed E-state index contributed by atoms with van der Waals surface area (Å²) in [5.41, 5.74) is 3.27. The van der Waals surface area contributed by atoms with Gasteiger partial charge in [0.15, 0.2) is 6.17 Å². The number of halogens is 5. The van der Waals surface area contributed by atoms with Crippen molar-refractivity contribution in [1.82, 2.24) is 9.88 Å². The monoisotopic (exact) mass is 578 g/mol. The van der Waals surface area contributed by atoms with E-state index in [2.05, 4.69) is 4.90 Å². The molecule has 0 amide bonds. The van der Waals surface area contributed by atoms with Crippen molar-refractivity contribution in [2.75, 3.05) is 6.54 Å². The minimum atomic E-state index is -4.54. The summed E-state index contributed by atoms with van der Waals surface area (Å²) < 4.78 is 70.6. The summed E-state index contributed by atoms with van der Waals surface area (Å²) in [6, 6.07) is 19.7. The summed E-state index contributed by atoms with van der Waals surface area (Å²) in [6.07, 6.45) is -3.77. The first-order valence-electron chi connectivity index (χ1n) is 14.3. The number of aliphatic hydroxyl groups is 1. The molecular weight excluding hydrogens is 547 g/mol. The zero-order chi connectivity index (χ0) is 29.4. The van der Waals surface area contributed by atoms with Crippen LogP contribution in [-0.4, -0.2) is 21.5 Å². The molecule has 1 aliphatic heterocycles. The zero-order valence-corrected chi connectivity index (χ0v) is 22.9. The molecule has 2 unspecified atom stereocenters. The highest BCUT2D eigenvalue weighted by atomic mass is 19.4. The number of alkyl halides is 4. The molecule has 1 fully saturated rings. The van der Waals surface area contributed by atoms with Crippen molar-refractivity contribution in [3.8, 4) is 11.1 Å². The van der Waals surface area contributed by atoms with Gasteiger partial charge in [-0.3, -0.25) is 9.88 Å². The molecule has 1 aromatic heterocycles. The second-order valence-corrected chi connectivity index (χ2v) is 11.3. The van der Waals surface area contributed by atoms with E-state index in [0.717, 1.165) is 55.5 Å². The Morgan fingerprint density at radius 1 is 0.905 bits per heavy atom. The van der Waals surface area contributed by atoms with Crippen LogP contribution >= 0.6 is 0 Å². The van der Waals surface area contributed by atoms with E-state index in [1.807, 2.05) is 30.3 Å². The number of hydrogen-bond donors (Lipinski definition) is 1. The van der Waals surface area contributed by atoms with Crippen molar-refractivity contribution in [1.29, 1.82) is 0 Å². The third-order valence-electron chi connectivity index (χ3n) is 8.43. The number of β-amino-alcohol motifs (C(OH)–C–C–N with tert-alkyl or cyclic N) is 1. The number of hydrogen-bond acceptors (Lipinski definition) is 3. The Bertz CT molecular complexity index is 1530. The molecule has 3 aromatic carbocycles. The first-order chi connectivity index (χ1) is 20.2. The van der Waals surface area contributed by atoms with Gasteiger partial charge in [-0.2, -0.15) is 13.2 Å². The molecule has 2 heterocycles. The zero-order valence-electron chi connectivity index (χ0n) is 22.9. The summed E-state index contributed by atoms with van der Waals surface area (Å²) in [6.45, 7) is 1.33. The van der Waals surface area contributed by atoms with Crippen molar-refractivity contribution in [3.63, 3.8) is 0 Å². The number of rotatable bonds is 6. The number of benzene rings is 3. The SMILES string of the molecule is OC1CN(Cc2ccccc2)Cc2nc(C3CCCC3)c(C(F)c3ccc(C(F)(F)F)cc3)c(-c3ccc(F)cc3)c21. The molecule has 1 saturated carbocycles. The van der Waals surface area contributed by atoms with Gasteiger partial charge in [-0.25, -0.2) is 8.78 Å². The predicted molar refractivity (Wildman–Crippen MR) is 151 cm³/mol. The second kappa shape index (κ2) is 11.6. The Balaban J connectivity index is 1.52. The van der Waals surface area contributed by atoms with Gasteiger partial charge in [-0.1, -0.05) is 67.4 Å². The normalized spacial score (nSPS) is 18.7. The minimum Gasteiger partial charge on any atom is -0.387 e. The fraction of sp³-hybridized carbons (Fsp3) is 0.324. The molecule has 1 N–H and O–H groups in total. The molecule has 2 aliphatic rings. The predicted octanol–water partition coefficient (Wildman–Crippen LogP) is 8.67. The molecule has 4 aromatic rings. The maximum atomic E-state index is 16.8. The van der Waals surface area contributed by atoms with Crippen LogP contribution in [0.3, 0.4) is 0 Å². The maximum absolute atomic E-state index is 16.8. The highest BCUT2D eigenvalue weighted by Gasteiger charge is 2.37. The maximum Gasteiger partial charge on any atom is 0.416 e. The summed E-state index contributed by atoms with van der Waals surface area (Å²) in [5, 5.41) is 11.6. The molecule has 0 radical (unpaired) electrons. The number of pyridine rings is 1. The summed E-state index contributed by atoms with van der Waals surface area (Å²) >= 11 is 0. The quantitative estimate of drug-likeness (QED) is 0.233. The van der Waals surface area contributed by atoms with Crippen LogP contribution in [0.15, 0.2) is 78.9 Å². The highest BCUT2D eigenvalue weighted by Crippen LogP contribution is 2.48. The Kier molecular flexibility index (Phi) is 7.85. The van der Waals surface area contributed by atoms with Crippen molar-refractivity contribution in [2.24, 2.45) is 0 Å². The van der Waals surface area contributed by atoms with Crippen LogP contribution in [0, 0.1) is 5.82 Å². The fourth-order valence-corrected chi connectivity index (χ4v) is 6.44. The smallest absolute Gasteiger partial charge is 0.387 e. The molecule has 3 nitrogen and oxygen atoms in total. The van der Waals surface area contributed by atoms with Gasteiger partial charge in [0.25, 0.3) is 0 Å². The van der Waals surface area contributed by atoms with Gasteiger partial charge in [0.05, 0.1) is 23.1 Å². The van der Waals surface area contributed by atoms with Gasteiger partial charge in [0.1, 0.15) is 5.82 Å². The summed E-state index contributed by atoms with van der Waals surface area (Å²) in [7, 11) is 0. The van der Waals surface area contributed by atoms with Crippen molar-refractivity contribution in [3.05, 3.63) is 124 Å². The van der Waals surface area contributed by atoms with E-state index in [0.29, 0.717) is 41.2 Å². The molecule has 42 heavy (non-hydrogen) atoms. The Hall–Kier alpha value is -3.62. The van der Waals surface area contributed by atoms with E-state index in [4.69, 9.17) is 4.98 Å². The van der Waals surface area contributed by atoms with Crippen LogP contribution < -0.4 is 0 Å². The van der Waals surface area contributed by atoms with E-state index in [1.54, 1.807) is 12.1 Å². The summed E-state index contributed by atoms with van der Waals surface area (Å²) in [4.78, 5) is 7.15. The number of aliphatic hydroxyl groups excluding tert-OH is 1. The van der Waals surface area contributed by atoms with E-state index in [-0.39, 0.29) is 23.6 Å². The van der Waals surface area contributed by atoms with Crippen molar-refractivity contribution in [2.45, 2.75) is 63.1 Å². The van der Waals surface area contributed by atoms with Gasteiger partial charge >= 0.3 is 6.18 Å². The van der Waals surface area contributed by atoms with E-state index < -0.39 is 29.8 Å². The molecular formula is C34H31F5N2O. The van der Waals surface area contributed by atoms with Crippen LogP contribution in [0.1, 0.15) is 83.1 Å². The molecule has 1 aliphatic carbocycles. The van der Waals surface area contributed by atoms with E-state index in [9.17, 15) is 22.7 Å². The first kappa shape index (κ1) is 28.5. The second-order valence-electron chi connectivity index (χ2n) is 11.3. The van der Waals surface area contributed by atoms with Gasteiger partial charge in [0, 0.05) is 36.7 Å². The number of fused-ring (bicyclic) bond motifs is 1. The average molecular weight is 579 g/mol. The van der Waals surface area contributed by atoms with Gasteiger partial charge in [-0.05, 0) is 59.4 Å². The average Bonchev–Trinajstić information content (AvgIpc) is 3.52. The van der Waals surface area contributed by atoms with Crippen LogP contribution in [0.5, 0.6) is 0 Å². The fourth-order valence-electron chi connectivity index (χ4n) is 6.44. The molecule has 0 spiro atoms. The molecule has 0 bridgehead atoms. The standard InChI is InChI=1S/C34H31F5N2O/c35-26-16-12-22(13-17-26)29-30-27(19-41(20-28(30)42)18-21-6-2-1-3-7-21)40-33(24-8-4-5-9-24)31(29)32(36)23-10-14-25(15-11-23)34(37,38)39/h1-3,6-7,10-17,24,28,32,42H,4-5,8-9,18-20H2. The lowest BCUT2D eigenvalue weighted by molar-refractivity contribution is -0.137. The number of aromatic nitrogens is 1. The third kappa shape index (κ3) is 5.70. The Morgan fingerprint density at radius 2 is 1.57 bits per heavy atom. The molecule has 218 valence electrons. The Morgan fingerprint density at radius 3 is 2.21 bits per heavy atom. The number of nitrogens with zero attached hydrogens (tertiary/aromatic N) is 2. The lowest BCUT2D eigenvalue weighted by atomic mass is 9.82. The lowest BCUT2D eigenvalue weighted by Crippen LogP contribution is -2.35. The molecule has 8 heteroatoms. The molecule has 2 atom stereocenters. The van der Waals surface area contributed by atoms with E-state index >= 15 is 4.39 Å². The Labute approximate surface area is 241 Å². The molecule has 0 saturated heterocycles. The van der Waals surface area contributed by atoms with Crippen molar-refractivity contribution >= 4 is 0 Å². The largest absolute Gasteiger partial charge is 0.416 e. The van der Waals surface area contributed by atoms with Crippen LogP contribution in [-0.2, 0) is 19.3 Å². The van der Waals surface area contributed by atoms with Gasteiger partial charge in [0.2, 0.25) is 0 Å². The topological polar surface area (TPSA) is 36.4 Å². The van der Waals surface area contributed by atoms with E-state index in [1.165, 1.54) is 12.1 Å². The summed E-state index contributed by atoms with van der Waals surface area (Å²) in [5.74, 6) is -0.479. The minimum absolute atomic E-state index is 0.0289. The van der Waals surface area contributed by atoms with Crippen LogP contribution in [0.25, 0.3) is 11.1 Å². The van der Waals surface area contributed by atoms with Crippen LogP contribution in [0.2, 0.25) is 0 Å². The first-order valence-corrected chi connectivity index (χ1v) is 14.3. The molecule has 6 rings (SSSR count). The lowest BCUT2D eigenvalue weighted by Gasteiger charge is -2.35. The third-order valence-corrected chi connectivity index (χ3v) is 8.43. The van der Waals surface area contributed by atoms with Crippen molar-refractivity contribution < 1.29 is 27.1 Å². The highest BCUT2D eigenvalue weighted by molar-refractivity contribution is 5.75. The van der Waals surface area contributed by atoms with Gasteiger partial charge < -0.3 is 5.11 Å². The van der Waals surface area contributed by atoms with Gasteiger partial charge in [-0.15, -0.1) is 0 Å².